The van der Waals surface area contributed by atoms with Gasteiger partial charge in [0.05, 0.1) is 31.9 Å². The van der Waals surface area contributed by atoms with Gasteiger partial charge < -0.3 is 46.2 Å². The van der Waals surface area contributed by atoms with Crippen LogP contribution in [0.2, 0.25) is 0 Å². The lowest BCUT2D eigenvalue weighted by molar-refractivity contribution is 0.475. The van der Waals surface area contributed by atoms with Crippen molar-refractivity contribution in [3.05, 3.63) is 191 Å². The van der Waals surface area contributed by atoms with Crippen LogP contribution in [0.15, 0.2) is 131 Å². The summed E-state index contributed by atoms with van der Waals surface area (Å²) in [6, 6.07) is 37.3. The van der Waals surface area contributed by atoms with Crippen LogP contribution in [-0.4, -0.2) is 107 Å². The van der Waals surface area contributed by atoms with Gasteiger partial charge in [-0.2, -0.15) is 21.0 Å². The van der Waals surface area contributed by atoms with Crippen molar-refractivity contribution < 1.29 is 18.6 Å². The summed E-state index contributed by atoms with van der Waals surface area (Å²) in [5.41, 5.74) is 20.6. The van der Waals surface area contributed by atoms with E-state index < -0.39 is 10.0 Å². The first-order valence-corrected chi connectivity index (χ1v) is 39.2. The molecule has 532 valence electrons. The number of hydrogen-bond donors (Lipinski definition) is 7. The summed E-state index contributed by atoms with van der Waals surface area (Å²) in [5.74, 6) is 2.30. The van der Waals surface area contributed by atoms with Crippen molar-refractivity contribution >= 4 is 129 Å². The van der Waals surface area contributed by atoms with E-state index in [4.69, 9.17) is 25.1 Å². The highest BCUT2D eigenvalue weighted by atomic mass is 32.2. The number of nitrogens with zero attached hydrogens (tertiary/aromatic N) is 15. The van der Waals surface area contributed by atoms with Gasteiger partial charge in [0, 0.05) is 118 Å². The topological polar surface area (TPSA) is 357 Å². The first-order chi connectivity index (χ1) is 51.1. The Morgan fingerprint density at radius 1 is 0.443 bits per heavy atom. The molecule has 0 saturated carbocycles. The van der Waals surface area contributed by atoms with Gasteiger partial charge in [-0.15, -0.1) is 57.1 Å². The fourth-order valence-electron chi connectivity index (χ4n) is 12.7. The molecule has 0 amide bonds. The van der Waals surface area contributed by atoms with Gasteiger partial charge in [-0.3, -0.25) is 0 Å². The van der Waals surface area contributed by atoms with Gasteiger partial charge in [0.15, 0.2) is 0 Å². The zero-order valence-corrected chi connectivity index (χ0v) is 63.5. The molecule has 0 radical (unpaired) electrons. The van der Waals surface area contributed by atoms with Crippen LogP contribution in [0.3, 0.4) is 0 Å². The number of nitrogens with two attached hydrogens (primary N) is 1. The van der Waals surface area contributed by atoms with Crippen LogP contribution >= 0.6 is 57.1 Å². The van der Waals surface area contributed by atoms with E-state index in [2.05, 4.69) is 89.4 Å². The minimum atomic E-state index is -3.80. The molecule has 0 saturated heterocycles. The minimum absolute atomic E-state index is 0.00846. The number of hydrogen-bond acceptors (Lipinski definition) is 28. The van der Waals surface area contributed by atoms with Crippen molar-refractivity contribution in [1.29, 1.82) is 21.0 Å². The molecule has 0 fully saturated rings. The molecule has 4 aliphatic rings. The highest BCUT2D eigenvalue weighted by Gasteiger charge is 2.33. The van der Waals surface area contributed by atoms with Crippen molar-refractivity contribution in [3.8, 4) is 80.8 Å². The molecule has 0 atom stereocenters. The number of thiophene rings is 4. The predicted molar refractivity (Wildman–Crippen MR) is 423 cm³/mol. The van der Waals surface area contributed by atoms with Crippen LogP contribution in [0, 0.1) is 52.2 Å². The fraction of sp³-hybridized carbons (Fsp3) is 0.211. The van der Waals surface area contributed by atoms with Crippen LogP contribution in [0.25, 0.3) is 45.0 Å². The summed E-state index contributed by atoms with van der Waals surface area (Å²) in [5, 5.41) is 77.9. The number of nitrogens with one attached hydrogen (secondary N) is 4. The summed E-state index contributed by atoms with van der Waals surface area (Å²) in [7, 11) is 8.07. The average molecular weight is 1520 g/mol. The Bertz CT molecular complexity index is 5680. The first kappa shape index (κ1) is 72.8. The number of benzene rings is 4. The minimum Gasteiger partial charge on any atom is -0.508 e. The lowest BCUT2D eigenvalue weighted by Crippen LogP contribution is -2.13. The molecule has 4 aliphatic carbocycles. The van der Waals surface area contributed by atoms with Crippen molar-refractivity contribution in [2.75, 3.05) is 84.5 Å². The molecule has 16 rings (SSSR count). The second-order valence-corrected chi connectivity index (χ2v) is 32.1. The zero-order valence-electron chi connectivity index (χ0n) is 58.6. The lowest BCUT2D eigenvalue weighted by Gasteiger charge is -2.20. The molecule has 106 heavy (non-hydrogen) atoms. The average Bonchev–Trinajstić information content (AvgIpc) is 1.60. The van der Waals surface area contributed by atoms with Crippen LogP contribution in [0.4, 0.5) is 61.5 Å². The maximum absolute atomic E-state index is 11.6. The molecule has 0 aliphatic heterocycles. The summed E-state index contributed by atoms with van der Waals surface area (Å²) in [4.78, 5) is 45.8. The van der Waals surface area contributed by atoms with Gasteiger partial charge >= 0.3 is 0 Å². The highest BCUT2D eigenvalue weighted by Crippen LogP contribution is 2.50. The van der Waals surface area contributed by atoms with Gasteiger partial charge in [-0.05, 0) is 176 Å². The Labute approximate surface area is 633 Å². The molecule has 12 aromatic rings. The number of sulfonamides is 1. The van der Waals surface area contributed by atoms with E-state index in [0.717, 1.165) is 192 Å². The Kier molecular flexibility index (Phi) is 21.3. The number of thioether (sulfide) groups is 1. The predicted octanol–water partition coefficient (Wildman–Crippen LogP) is 15.0. The maximum Gasteiger partial charge on any atom is 0.238 e. The fourth-order valence-corrected chi connectivity index (χ4v) is 18.4. The largest absolute Gasteiger partial charge is 0.508 e. The number of aromatic hydroxyl groups is 2. The van der Waals surface area contributed by atoms with E-state index in [9.17, 15) is 39.7 Å². The van der Waals surface area contributed by atoms with Gasteiger partial charge in [0.1, 0.15) is 70.3 Å². The third-order valence-corrected chi connectivity index (χ3v) is 24.8. The van der Waals surface area contributed by atoms with Crippen molar-refractivity contribution in [2.24, 2.45) is 5.14 Å². The Morgan fingerprint density at radius 2 is 0.783 bits per heavy atom. The molecule has 8 heterocycles. The molecule has 8 aromatic heterocycles. The Hall–Kier alpha value is -11.6. The van der Waals surface area contributed by atoms with Crippen LogP contribution in [0.5, 0.6) is 11.5 Å². The molecule has 0 bridgehead atoms. The zero-order chi connectivity index (χ0) is 74.7. The first-order valence-electron chi connectivity index (χ1n) is 33.2. The quantitative estimate of drug-likeness (QED) is 0.0416. The van der Waals surface area contributed by atoms with E-state index in [-0.39, 0.29) is 16.4 Å². The number of rotatable bonds is 13. The molecular weight excluding hydrogens is 1450 g/mol. The molecule has 0 spiro atoms. The third-order valence-electron chi connectivity index (χ3n) is 17.7. The molecule has 24 nitrogen and oxygen atoms in total. The SMILES string of the molecule is CN(C)c1sc(C#N)c2c1-c1nc(Nc3cccc(O)c3)ncc1CC2.CN(C)c1sc(C#N)c2c1-c1nc(Nc3cccc(S(N)(=O)=O)c3)ncc1CC2.CSc1sc(C#N)c2c1-c1nc(Nc3ccc(O)cc3)ncc1CC2.Cc1ccc(Nc2ncc3c(n2)-c2c(N(C)C)sc(C#N)c2CC3)cc1. The van der Waals surface area contributed by atoms with Gasteiger partial charge in [-0.25, -0.2) is 53.4 Å². The van der Waals surface area contributed by atoms with Gasteiger partial charge in [-0.1, -0.05) is 29.8 Å². The normalized spacial score (nSPS) is 12.2. The maximum atomic E-state index is 11.6. The van der Waals surface area contributed by atoms with Crippen LogP contribution in [-0.2, 0) is 61.4 Å². The summed E-state index contributed by atoms with van der Waals surface area (Å²) < 4.78 is 24.3. The number of aromatic nitrogens is 8. The Morgan fingerprint density at radius 3 is 1.14 bits per heavy atom. The number of fused-ring (bicyclic) bond motifs is 12. The van der Waals surface area contributed by atoms with Crippen molar-refractivity contribution in [3.63, 3.8) is 0 Å². The Balaban J connectivity index is 0.000000125. The summed E-state index contributed by atoms with van der Waals surface area (Å²) >= 11 is 7.71. The molecule has 8 N–H and O–H groups in total. The number of anilines is 11. The van der Waals surface area contributed by atoms with Gasteiger partial charge in [0.2, 0.25) is 33.8 Å². The van der Waals surface area contributed by atoms with E-state index in [1.165, 1.54) is 40.4 Å². The highest BCUT2D eigenvalue weighted by molar-refractivity contribution is 8.00. The summed E-state index contributed by atoms with van der Waals surface area (Å²) in [6.07, 6.45) is 16.1. The molecular formula is C76H68N20O4S6. The lowest BCUT2D eigenvalue weighted by atomic mass is 9.91. The monoisotopic (exact) mass is 1520 g/mol. The number of phenols is 2. The standard InChI is InChI=1S/C20H19N5S.C19H18N6O2S2.C19H17N5OS.C18H14N4OS2/c1-12-4-7-14(8-5-12)23-20-22-11-13-6-9-15-16(10-21)26-19(25(2)3)17(15)18(13)24-20;1-25(2)18-16-14(15(9-20)28-18)7-6-11-10-22-19(24-17(11)16)23-12-4-3-5-13(8-12)29(21,26)27;1-24(2)18-16-14(15(9-20)26-18)7-6-11-10-21-19(23-17(11)16)22-12-4-3-5-13(25)8-12;1-24-17-15-13(14(8-19)25-17)7-2-10-9-20-18(22-16(10)15)21-11-3-5-12(23)6-4-11/h4-5,7-8,11H,6,9H2,1-3H3,(H,22,23,24);3-5,8,10H,6-7H2,1-2H3,(H2,21,26,27)(H,22,23,24);3-5,8,10,25H,6-7H2,1-2H3,(H,21,22,23);3-6,9,23H,2,7H2,1H3,(H,20,21,22). The van der Waals surface area contributed by atoms with Crippen LogP contribution < -0.4 is 41.1 Å². The van der Waals surface area contributed by atoms with E-state index in [1.54, 1.807) is 95.2 Å². The number of phenolic OH excluding ortho intramolecular Hbond substituents is 2. The number of aryl methyl sites for hydroxylation is 5. The van der Waals surface area contributed by atoms with Gasteiger partial charge in [0.25, 0.3) is 0 Å². The number of nitriles is 4. The third kappa shape index (κ3) is 15.3. The van der Waals surface area contributed by atoms with Crippen molar-refractivity contribution in [2.45, 2.75) is 67.4 Å². The number of primary sulfonamides is 1. The van der Waals surface area contributed by atoms with E-state index >= 15 is 0 Å². The second kappa shape index (κ2) is 31.0. The smallest absolute Gasteiger partial charge is 0.238 e. The van der Waals surface area contributed by atoms with Crippen LogP contribution in [0.1, 0.15) is 69.6 Å². The van der Waals surface area contributed by atoms with Crippen molar-refractivity contribution in [1.82, 2.24) is 39.9 Å². The molecule has 0 unspecified atom stereocenters. The molecule has 4 aromatic carbocycles. The summed E-state index contributed by atoms with van der Waals surface area (Å²) in [6.45, 7) is 2.06. The van der Waals surface area contributed by atoms with E-state index in [0.29, 0.717) is 34.4 Å². The second-order valence-electron chi connectivity index (χ2n) is 25.5. The molecule has 30 heteroatoms. The van der Waals surface area contributed by atoms with E-state index in [1.807, 2.05) is 95.1 Å².